The van der Waals surface area contributed by atoms with Crippen molar-refractivity contribution in [2.45, 2.75) is 43.2 Å². The van der Waals surface area contributed by atoms with Crippen molar-refractivity contribution >= 4 is 33.2 Å². The van der Waals surface area contributed by atoms with E-state index in [0.717, 1.165) is 29.1 Å². The highest BCUT2D eigenvalue weighted by molar-refractivity contribution is 9.08. The van der Waals surface area contributed by atoms with Crippen molar-refractivity contribution in [3.05, 3.63) is 28.8 Å². The number of rotatable bonds is 2. The quantitative estimate of drug-likeness (QED) is 0.738. The second-order valence-electron chi connectivity index (χ2n) is 5.36. The lowest BCUT2D eigenvalue weighted by Crippen LogP contribution is -2.52. The zero-order valence-electron chi connectivity index (χ0n) is 10.9. The number of hydrogen-bond acceptors (Lipinski definition) is 2. The highest BCUT2D eigenvalue weighted by Crippen LogP contribution is 2.34. The lowest BCUT2D eigenvalue weighted by molar-refractivity contribution is -0.00867. The molecule has 1 saturated carbocycles. The van der Waals surface area contributed by atoms with Crippen molar-refractivity contribution in [1.82, 2.24) is 0 Å². The Hall–Kier alpha value is -0.250. The van der Waals surface area contributed by atoms with Crippen LogP contribution in [0.25, 0.3) is 0 Å². The molecule has 1 aliphatic carbocycles. The van der Waals surface area contributed by atoms with E-state index in [-0.39, 0.29) is 0 Å². The van der Waals surface area contributed by atoms with Gasteiger partial charge in [-0.3, -0.25) is 0 Å². The Balaban J connectivity index is 1.85. The Bertz CT molecular complexity index is 452. The standard InChI is InChI=1S/C15H19BrClNO/c16-10-11-5-6-12(9-13(11)17)18-7-8-19-15-4-2-1-3-14(15)18/h5-6,9,14-15H,1-4,7-8,10H2. The van der Waals surface area contributed by atoms with Gasteiger partial charge in [0.05, 0.1) is 18.8 Å². The SMILES string of the molecule is Clc1cc(N2CCOC3CCCCC32)ccc1CBr. The van der Waals surface area contributed by atoms with Gasteiger partial charge >= 0.3 is 0 Å². The number of benzene rings is 1. The van der Waals surface area contributed by atoms with Crippen molar-refractivity contribution in [2.24, 2.45) is 0 Å². The number of fused-ring (bicyclic) bond motifs is 1. The molecule has 1 heterocycles. The molecule has 104 valence electrons. The van der Waals surface area contributed by atoms with E-state index < -0.39 is 0 Å². The molecule has 4 heteroatoms. The van der Waals surface area contributed by atoms with Crippen LogP contribution in [0.15, 0.2) is 18.2 Å². The molecule has 0 aromatic heterocycles. The average molecular weight is 345 g/mol. The molecule has 2 fully saturated rings. The molecule has 1 aliphatic heterocycles. The molecule has 0 spiro atoms. The smallest absolute Gasteiger partial charge is 0.0779 e. The van der Waals surface area contributed by atoms with E-state index in [4.69, 9.17) is 16.3 Å². The van der Waals surface area contributed by atoms with Gasteiger partial charge in [-0.25, -0.2) is 0 Å². The molecule has 3 rings (SSSR count). The maximum absolute atomic E-state index is 6.34. The number of halogens is 2. The van der Waals surface area contributed by atoms with Crippen LogP contribution in [0, 0.1) is 0 Å². The number of hydrogen-bond donors (Lipinski definition) is 0. The molecule has 2 unspecified atom stereocenters. The molecule has 2 aliphatic rings. The summed E-state index contributed by atoms with van der Waals surface area (Å²) in [5, 5.41) is 1.66. The van der Waals surface area contributed by atoms with Crippen LogP contribution in [-0.4, -0.2) is 25.3 Å². The Morgan fingerprint density at radius 3 is 2.95 bits per heavy atom. The van der Waals surface area contributed by atoms with Crippen molar-refractivity contribution in [1.29, 1.82) is 0 Å². The highest BCUT2D eigenvalue weighted by atomic mass is 79.9. The molecule has 1 saturated heterocycles. The summed E-state index contributed by atoms with van der Waals surface area (Å²) >= 11 is 9.80. The van der Waals surface area contributed by atoms with Crippen molar-refractivity contribution < 1.29 is 4.74 Å². The van der Waals surface area contributed by atoms with Crippen LogP contribution < -0.4 is 4.90 Å². The Morgan fingerprint density at radius 1 is 1.32 bits per heavy atom. The molecular formula is C15H19BrClNO. The molecular weight excluding hydrogens is 326 g/mol. The molecule has 0 radical (unpaired) electrons. The summed E-state index contributed by atoms with van der Waals surface area (Å²) in [5.41, 5.74) is 2.40. The largest absolute Gasteiger partial charge is 0.374 e. The van der Waals surface area contributed by atoms with Crippen LogP contribution in [0.2, 0.25) is 5.02 Å². The maximum atomic E-state index is 6.34. The van der Waals surface area contributed by atoms with E-state index in [0.29, 0.717) is 12.1 Å². The number of alkyl halides is 1. The molecule has 2 atom stereocenters. The number of morpholine rings is 1. The zero-order chi connectivity index (χ0) is 13.2. The van der Waals surface area contributed by atoms with E-state index in [1.54, 1.807) is 0 Å². The fourth-order valence-corrected chi connectivity index (χ4v) is 4.13. The fourth-order valence-electron chi connectivity index (χ4n) is 3.24. The normalized spacial score (nSPS) is 27.2. The first-order valence-corrected chi connectivity index (χ1v) is 8.52. The first kappa shape index (κ1) is 13.7. The maximum Gasteiger partial charge on any atom is 0.0779 e. The first-order chi connectivity index (χ1) is 9.29. The van der Waals surface area contributed by atoms with Gasteiger partial charge in [-0.1, -0.05) is 46.4 Å². The van der Waals surface area contributed by atoms with Crippen molar-refractivity contribution in [3.8, 4) is 0 Å². The summed E-state index contributed by atoms with van der Waals surface area (Å²) in [4.78, 5) is 2.50. The minimum atomic E-state index is 0.414. The Labute approximate surface area is 128 Å². The second kappa shape index (κ2) is 6.02. The van der Waals surface area contributed by atoms with Crippen molar-refractivity contribution in [3.63, 3.8) is 0 Å². The summed E-state index contributed by atoms with van der Waals surface area (Å²) < 4.78 is 5.93. The van der Waals surface area contributed by atoms with Crippen LogP contribution in [0.4, 0.5) is 5.69 Å². The topological polar surface area (TPSA) is 12.5 Å². The molecule has 2 nitrogen and oxygen atoms in total. The van der Waals surface area contributed by atoms with Gasteiger partial charge in [0.1, 0.15) is 0 Å². The van der Waals surface area contributed by atoms with Crippen LogP contribution >= 0.6 is 27.5 Å². The van der Waals surface area contributed by atoms with Gasteiger partial charge in [-0.15, -0.1) is 0 Å². The van der Waals surface area contributed by atoms with E-state index >= 15 is 0 Å². The Morgan fingerprint density at radius 2 is 2.16 bits per heavy atom. The minimum Gasteiger partial charge on any atom is -0.374 e. The van der Waals surface area contributed by atoms with Crippen LogP contribution in [0.1, 0.15) is 31.2 Å². The van der Waals surface area contributed by atoms with Crippen LogP contribution in [0.5, 0.6) is 0 Å². The highest BCUT2D eigenvalue weighted by Gasteiger charge is 2.34. The van der Waals surface area contributed by atoms with Gasteiger partial charge < -0.3 is 9.64 Å². The third kappa shape index (κ3) is 2.79. The molecule has 0 N–H and O–H groups in total. The number of anilines is 1. The van der Waals surface area contributed by atoms with Crippen LogP contribution in [-0.2, 0) is 10.1 Å². The third-order valence-corrected chi connectivity index (χ3v) is 5.20. The van der Waals surface area contributed by atoms with Gasteiger partial charge in [0.25, 0.3) is 0 Å². The summed E-state index contributed by atoms with van der Waals surface area (Å²) in [5.74, 6) is 0. The lowest BCUT2D eigenvalue weighted by Gasteiger charge is -2.45. The summed E-state index contributed by atoms with van der Waals surface area (Å²) in [7, 11) is 0. The minimum absolute atomic E-state index is 0.414. The van der Waals surface area contributed by atoms with E-state index in [2.05, 4.69) is 39.0 Å². The molecule has 0 amide bonds. The summed E-state index contributed by atoms with van der Waals surface area (Å²) in [6.45, 7) is 1.81. The second-order valence-corrected chi connectivity index (χ2v) is 6.33. The Kier molecular flexibility index (Phi) is 4.35. The predicted octanol–water partition coefficient (Wildman–Crippen LogP) is 4.38. The van der Waals surface area contributed by atoms with E-state index in [1.165, 1.54) is 31.4 Å². The lowest BCUT2D eigenvalue weighted by atomic mass is 9.90. The average Bonchev–Trinajstić information content (AvgIpc) is 2.46. The van der Waals surface area contributed by atoms with Gasteiger partial charge in [-0.2, -0.15) is 0 Å². The van der Waals surface area contributed by atoms with Gasteiger partial charge in [-0.05, 0) is 30.5 Å². The van der Waals surface area contributed by atoms with Crippen LogP contribution in [0.3, 0.4) is 0 Å². The van der Waals surface area contributed by atoms with E-state index in [9.17, 15) is 0 Å². The van der Waals surface area contributed by atoms with Gasteiger partial charge in [0.2, 0.25) is 0 Å². The fraction of sp³-hybridized carbons (Fsp3) is 0.600. The molecule has 1 aromatic carbocycles. The third-order valence-electron chi connectivity index (χ3n) is 4.24. The molecule has 1 aromatic rings. The number of nitrogens with zero attached hydrogens (tertiary/aromatic N) is 1. The number of ether oxygens (including phenoxy) is 1. The van der Waals surface area contributed by atoms with Crippen molar-refractivity contribution in [2.75, 3.05) is 18.1 Å². The summed E-state index contributed by atoms with van der Waals surface area (Å²) in [6.07, 6.45) is 5.47. The predicted molar refractivity (Wildman–Crippen MR) is 83.4 cm³/mol. The summed E-state index contributed by atoms with van der Waals surface area (Å²) in [6, 6.07) is 6.96. The van der Waals surface area contributed by atoms with E-state index in [1.807, 2.05) is 0 Å². The molecule has 0 bridgehead atoms. The van der Waals surface area contributed by atoms with Gasteiger partial charge in [0.15, 0.2) is 0 Å². The zero-order valence-corrected chi connectivity index (χ0v) is 13.3. The first-order valence-electron chi connectivity index (χ1n) is 7.02. The monoisotopic (exact) mass is 343 g/mol. The van der Waals surface area contributed by atoms with Gasteiger partial charge in [0, 0.05) is 22.6 Å². The molecule has 19 heavy (non-hydrogen) atoms.